The third-order valence-corrected chi connectivity index (χ3v) is 6.69. The van der Waals surface area contributed by atoms with Crippen LogP contribution in [0.25, 0.3) is 11.1 Å². The first-order chi connectivity index (χ1) is 20.9. The summed E-state index contributed by atoms with van der Waals surface area (Å²) in [6.07, 6.45) is 0. The van der Waals surface area contributed by atoms with Crippen LogP contribution in [0.2, 0.25) is 0 Å². The zero-order valence-corrected chi connectivity index (χ0v) is 23.4. The van der Waals surface area contributed by atoms with Crippen LogP contribution in [0.1, 0.15) is 10.4 Å². The van der Waals surface area contributed by atoms with Crippen molar-refractivity contribution >= 4 is 46.2 Å². The highest BCUT2D eigenvalue weighted by Crippen LogP contribution is 2.28. The van der Waals surface area contributed by atoms with Gasteiger partial charge in [-0.15, -0.1) is 0 Å². The highest BCUT2D eigenvalue weighted by atomic mass is 16.2. The van der Waals surface area contributed by atoms with E-state index in [1.165, 1.54) is 0 Å². The van der Waals surface area contributed by atoms with Crippen LogP contribution in [-0.2, 0) is 9.59 Å². The predicted octanol–water partition coefficient (Wildman–Crippen LogP) is 6.27. The van der Waals surface area contributed by atoms with Crippen molar-refractivity contribution in [2.45, 2.75) is 0 Å². The van der Waals surface area contributed by atoms with E-state index in [9.17, 15) is 14.4 Å². The second-order valence-corrected chi connectivity index (χ2v) is 9.85. The van der Waals surface area contributed by atoms with Gasteiger partial charge in [0, 0.05) is 22.6 Å². The van der Waals surface area contributed by atoms with Gasteiger partial charge >= 0.3 is 0 Å². The number of nitrogens with zero attached hydrogens (tertiary/aromatic N) is 1. The van der Waals surface area contributed by atoms with E-state index < -0.39 is 0 Å². The molecule has 214 valence electrons. The molecule has 0 aliphatic rings. The van der Waals surface area contributed by atoms with Gasteiger partial charge in [-0.1, -0.05) is 72.8 Å². The molecule has 0 aliphatic heterocycles. The van der Waals surface area contributed by atoms with E-state index in [0.717, 1.165) is 11.1 Å². The number of hydrogen-bond acceptors (Lipinski definition) is 5. The molecule has 8 heteroatoms. The summed E-state index contributed by atoms with van der Waals surface area (Å²) in [6, 6.07) is 40.3. The molecule has 8 nitrogen and oxygen atoms in total. The maximum absolute atomic E-state index is 13.1. The van der Waals surface area contributed by atoms with E-state index in [2.05, 4.69) is 16.0 Å². The van der Waals surface area contributed by atoms with Crippen molar-refractivity contribution in [1.29, 1.82) is 0 Å². The minimum Gasteiger partial charge on any atom is -0.397 e. The Kier molecular flexibility index (Phi) is 9.09. The Morgan fingerprint density at radius 2 is 1.07 bits per heavy atom. The van der Waals surface area contributed by atoms with Gasteiger partial charge in [0.25, 0.3) is 5.91 Å². The van der Waals surface area contributed by atoms with Crippen molar-refractivity contribution in [3.05, 3.63) is 139 Å². The van der Waals surface area contributed by atoms with Crippen LogP contribution < -0.4 is 26.6 Å². The van der Waals surface area contributed by atoms with Gasteiger partial charge in [0.2, 0.25) is 11.8 Å². The molecule has 0 heterocycles. The molecule has 5 rings (SSSR count). The smallest absolute Gasteiger partial charge is 0.255 e. The number of rotatable bonds is 10. The van der Waals surface area contributed by atoms with Crippen molar-refractivity contribution in [3.63, 3.8) is 0 Å². The summed E-state index contributed by atoms with van der Waals surface area (Å²) >= 11 is 0. The van der Waals surface area contributed by atoms with Gasteiger partial charge in [-0.3, -0.25) is 14.4 Å². The van der Waals surface area contributed by atoms with Gasteiger partial charge in [-0.25, -0.2) is 0 Å². The van der Waals surface area contributed by atoms with Gasteiger partial charge in [0.15, 0.2) is 0 Å². The van der Waals surface area contributed by atoms with Gasteiger partial charge in [0.1, 0.15) is 0 Å². The molecule has 5 aromatic carbocycles. The van der Waals surface area contributed by atoms with E-state index in [1.807, 2.05) is 78.9 Å². The lowest BCUT2D eigenvalue weighted by molar-refractivity contribution is -0.115. The molecule has 0 fully saturated rings. The lowest BCUT2D eigenvalue weighted by Crippen LogP contribution is -2.39. The Labute approximate surface area is 250 Å². The Bertz CT molecular complexity index is 1640. The number of amides is 3. The standard InChI is InChI=1S/C35H31N5O3/c36-31-21-18-27(25-10-4-1-5-11-25)22-32(31)39-35(43)26-16-19-30(20-17-26)40(23-33(41)37-28-12-6-2-7-13-28)24-34(42)38-29-14-8-3-9-15-29/h1-22H,23-24,36H2,(H,37,41)(H,38,42)(H,39,43). The number of nitrogens with two attached hydrogens (primary N) is 1. The molecule has 5 aromatic rings. The molecule has 0 saturated carbocycles. The summed E-state index contributed by atoms with van der Waals surface area (Å²) in [7, 11) is 0. The summed E-state index contributed by atoms with van der Waals surface area (Å²) < 4.78 is 0. The minimum atomic E-state index is -0.335. The second kappa shape index (κ2) is 13.6. The van der Waals surface area contributed by atoms with Crippen molar-refractivity contribution in [1.82, 2.24) is 0 Å². The number of carbonyl (C=O) groups excluding carboxylic acids is 3. The Balaban J connectivity index is 1.31. The van der Waals surface area contributed by atoms with Crippen LogP contribution in [0.15, 0.2) is 133 Å². The number of hydrogen-bond donors (Lipinski definition) is 4. The fourth-order valence-corrected chi connectivity index (χ4v) is 4.52. The van der Waals surface area contributed by atoms with Crippen LogP contribution in [-0.4, -0.2) is 30.8 Å². The molecule has 43 heavy (non-hydrogen) atoms. The maximum Gasteiger partial charge on any atom is 0.255 e. The first-order valence-corrected chi connectivity index (χ1v) is 13.8. The highest BCUT2D eigenvalue weighted by Gasteiger charge is 2.17. The summed E-state index contributed by atoms with van der Waals surface area (Å²) in [5, 5.41) is 8.61. The molecule has 0 atom stereocenters. The quantitative estimate of drug-likeness (QED) is 0.148. The molecule has 5 N–H and O–H groups in total. The maximum atomic E-state index is 13.1. The van der Waals surface area contributed by atoms with Gasteiger partial charge in [-0.05, 0) is 71.8 Å². The first kappa shape index (κ1) is 28.6. The number of nitrogens with one attached hydrogen (secondary N) is 3. The number of nitrogen functional groups attached to an aromatic ring is 1. The third-order valence-electron chi connectivity index (χ3n) is 6.69. The fourth-order valence-electron chi connectivity index (χ4n) is 4.52. The minimum absolute atomic E-state index is 0.0779. The lowest BCUT2D eigenvalue weighted by Gasteiger charge is -2.24. The van der Waals surface area contributed by atoms with Crippen molar-refractivity contribution in [2.75, 3.05) is 39.7 Å². The number of anilines is 5. The molecule has 3 amide bonds. The molecule has 0 aliphatic carbocycles. The number of para-hydroxylation sites is 2. The molecule has 0 spiro atoms. The van der Waals surface area contributed by atoms with Crippen molar-refractivity contribution in [2.24, 2.45) is 0 Å². The zero-order valence-electron chi connectivity index (χ0n) is 23.4. The average molecular weight is 570 g/mol. The lowest BCUT2D eigenvalue weighted by atomic mass is 10.0. The van der Waals surface area contributed by atoms with E-state index in [4.69, 9.17) is 5.73 Å². The summed E-state index contributed by atoms with van der Waals surface area (Å²) in [5.41, 5.74) is 11.4. The van der Waals surface area contributed by atoms with Crippen LogP contribution in [0.3, 0.4) is 0 Å². The van der Waals surface area contributed by atoms with Gasteiger partial charge in [-0.2, -0.15) is 0 Å². The molecule has 0 radical (unpaired) electrons. The van der Waals surface area contributed by atoms with Gasteiger partial charge < -0.3 is 26.6 Å². The summed E-state index contributed by atoms with van der Waals surface area (Å²) in [4.78, 5) is 40.6. The fraction of sp³-hybridized carbons (Fsp3) is 0.0571. The van der Waals surface area contributed by atoms with Crippen molar-refractivity contribution < 1.29 is 14.4 Å². The SMILES string of the molecule is Nc1ccc(-c2ccccc2)cc1NC(=O)c1ccc(N(CC(=O)Nc2ccccc2)CC(=O)Nc2ccccc2)cc1. The predicted molar refractivity (Wildman–Crippen MR) is 173 cm³/mol. The molecule has 0 bridgehead atoms. The highest BCUT2D eigenvalue weighted by molar-refractivity contribution is 6.06. The normalized spacial score (nSPS) is 10.4. The third kappa shape index (κ3) is 7.86. The monoisotopic (exact) mass is 569 g/mol. The average Bonchev–Trinajstić information content (AvgIpc) is 3.03. The topological polar surface area (TPSA) is 117 Å². The zero-order chi connectivity index (χ0) is 30.0. The summed E-state index contributed by atoms with van der Waals surface area (Å²) in [5.74, 6) is -0.901. The Morgan fingerprint density at radius 3 is 1.60 bits per heavy atom. The first-order valence-electron chi connectivity index (χ1n) is 13.8. The van der Waals surface area contributed by atoms with E-state index in [-0.39, 0.29) is 30.8 Å². The van der Waals surface area contributed by atoms with Gasteiger partial charge in [0.05, 0.1) is 24.5 Å². The van der Waals surface area contributed by atoms with Crippen LogP contribution in [0, 0.1) is 0 Å². The van der Waals surface area contributed by atoms with Crippen molar-refractivity contribution in [3.8, 4) is 11.1 Å². The molecule has 0 aromatic heterocycles. The Morgan fingerprint density at radius 1 is 0.558 bits per heavy atom. The molecule has 0 unspecified atom stereocenters. The second-order valence-electron chi connectivity index (χ2n) is 9.85. The summed E-state index contributed by atoms with van der Waals surface area (Å²) in [6.45, 7) is -0.156. The molecular weight excluding hydrogens is 538 g/mol. The van der Waals surface area contributed by atoms with Crippen LogP contribution in [0.5, 0.6) is 0 Å². The van der Waals surface area contributed by atoms with Crippen LogP contribution >= 0.6 is 0 Å². The number of benzene rings is 5. The number of carbonyl (C=O) groups is 3. The largest absolute Gasteiger partial charge is 0.397 e. The Hall–Kier alpha value is -5.89. The van der Waals surface area contributed by atoms with Crippen LogP contribution in [0.4, 0.5) is 28.4 Å². The molecule has 0 saturated heterocycles. The molecular formula is C35H31N5O3. The van der Waals surface area contributed by atoms with E-state index >= 15 is 0 Å². The van der Waals surface area contributed by atoms with E-state index in [0.29, 0.717) is 34.0 Å². The van der Waals surface area contributed by atoms with E-state index in [1.54, 1.807) is 59.5 Å².